The molecule has 236 valence electrons. The van der Waals surface area contributed by atoms with Crippen molar-refractivity contribution in [2.24, 2.45) is 0 Å². The molecule has 0 atom stereocenters. The third-order valence-electron chi connectivity index (χ3n) is 10.9. The summed E-state index contributed by atoms with van der Waals surface area (Å²) in [5.41, 5.74) is 16.4. The molecule has 0 fully saturated rings. The lowest BCUT2D eigenvalue weighted by atomic mass is 9.80. The van der Waals surface area contributed by atoms with E-state index in [1.54, 1.807) is 0 Å². The van der Waals surface area contributed by atoms with Crippen LogP contribution >= 0.6 is 0 Å². The second-order valence-electron chi connectivity index (χ2n) is 14.2. The minimum atomic E-state index is -0.0789. The predicted molar refractivity (Wildman–Crippen MR) is 212 cm³/mol. The van der Waals surface area contributed by atoms with Crippen LogP contribution in [0, 0.1) is 0 Å². The van der Waals surface area contributed by atoms with Crippen LogP contribution in [-0.4, -0.2) is 4.57 Å². The summed E-state index contributed by atoms with van der Waals surface area (Å²) in [6.45, 7) is 4.76. The van der Waals surface area contributed by atoms with E-state index in [9.17, 15) is 0 Å². The Labute approximate surface area is 292 Å². The molecular formula is C49H35N. The third kappa shape index (κ3) is 4.33. The normalized spacial score (nSPS) is 13.2. The number of rotatable bonds is 4. The molecule has 1 aromatic heterocycles. The van der Waals surface area contributed by atoms with E-state index in [0.29, 0.717) is 0 Å². The number of fused-ring (bicyclic) bond motifs is 8. The minimum Gasteiger partial charge on any atom is -0.309 e. The van der Waals surface area contributed by atoms with Crippen molar-refractivity contribution < 1.29 is 0 Å². The second-order valence-corrected chi connectivity index (χ2v) is 14.2. The fraction of sp³-hybridized carbons (Fsp3) is 0.0612. The molecule has 0 spiro atoms. The molecule has 0 saturated carbocycles. The highest BCUT2D eigenvalue weighted by Crippen LogP contribution is 2.52. The van der Waals surface area contributed by atoms with Crippen molar-refractivity contribution in [1.29, 1.82) is 0 Å². The van der Waals surface area contributed by atoms with E-state index >= 15 is 0 Å². The molecule has 8 aromatic carbocycles. The molecule has 1 aliphatic carbocycles. The first kappa shape index (κ1) is 28.8. The molecule has 0 unspecified atom stereocenters. The van der Waals surface area contributed by atoms with E-state index in [-0.39, 0.29) is 5.41 Å². The Morgan fingerprint density at radius 3 is 1.64 bits per heavy atom. The zero-order valence-electron chi connectivity index (χ0n) is 28.2. The van der Waals surface area contributed by atoms with Gasteiger partial charge in [-0.25, -0.2) is 0 Å². The Balaban J connectivity index is 1.15. The van der Waals surface area contributed by atoms with Gasteiger partial charge in [0.1, 0.15) is 0 Å². The molecule has 0 N–H and O–H groups in total. The van der Waals surface area contributed by atoms with Crippen LogP contribution in [0.25, 0.3) is 82.8 Å². The van der Waals surface area contributed by atoms with Crippen LogP contribution in [-0.2, 0) is 5.41 Å². The number of aromatic nitrogens is 1. The summed E-state index contributed by atoms with van der Waals surface area (Å²) in [7, 11) is 0. The molecule has 0 radical (unpaired) electrons. The molecular weight excluding hydrogens is 603 g/mol. The monoisotopic (exact) mass is 637 g/mol. The summed E-state index contributed by atoms with van der Waals surface area (Å²) in [6.07, 6.45) is 0. The van der Waals surface area contributed by atoms with E-state index in [4.69, 9.17) is 0 Å². The lowest BCUT2D eigenvalue weighted by Crippen LogP contribution is -2.15. The smallest absolute Gasteiger partial charge is 0.0547 e. The first-order valence-electron chi connectivity index (χ1n) is 17.5. The fourth-order valence-electron chi connectivity index (χ4n) is 8.55. The van der Waals surface area contributed by atoms with Gasteiger partial charge < -0.3 is 4.57 Å². The molecule has 9 aromatic rings. The van der Waals surface area contributed by atoms with Gasteiger partial charge >= 0.3 is 0 Å². The quantitative estimate of drug-likeness (QED) is 0.181. The minimum absolute atomic E-state index is 0.0789. The van der Waals surface area contributed by atoms with Gasteiger partial charge in [0.15, 0.2) is 0 Å². The Hall–Kier alpha value is -6.18. The van der Waals surface area contributed by atoms with Crippen LogP contribution in [0.15, 0.2) is 176 Å². The first-order valence-corrected chi connectivity index (χ1v) is 17.5. The molecule has 1 aliphatic rings. The van der Waals surface area contributed by atoms with Crippen molar-refractivity contribution >= 4 is 32.6 Å². The van der Waals surface area contributed by atoms with Crippen LogP contribution in [0.1, 0.15) is 25.0 Å². The van der Waals surface area contributed by atoms with Gasteiger partial charge in [-0.3, -0.25) is 0 Å². The molecule has 0 aliphatic heterocycles. The van der Waals surface area contributed by atoms with Crippen molar-refractivity contribution in [3.05, 3.63) is 187 Å². The van der Waals surface area contributed by atoms with E-state index in [1.807, 2.05) is 0 Å². The van der Waals surface area contributed by atoms with Crippen LogP contribution in [0.2, 0.25) is 0 Å². The number of hydrogen-bond acceptors (Lipinski definition) is 0. The van der Waals surface area contributed by atoms with Crippen LogP contribution < -0.4 is 0 Å². The van der Waals surface area contributed by atoms with Crippen molar-refractivity contribution in [2.45, 2.75) is 19.3 Å². The highest BCUT2D eigenvalue weighted by Gasteiger charge is 2.36. The molecule has 50 heavy (non-hydrogen) atoms. The Kier molecular flexibility index (Phi) is 6.29. The number of hydrogen-bond donors (Lipinski definition) is 0. The summed E-state index contributed by atoms with van der Waals surface area (Å²) >= 11 is 0. The molecule has 1 heteroatoms. The van der Waals surface area contributed by atoms with Crippen molar-refractivity contribution in [3.8, 4) is 50.2 Å². The maximum atomic E-state index is 2.46. The van der Waals surface area contributed by atoms with Gasteiger partial charge in [0.2, 0.25) is 0 Å². The lowest BCUT2D eigenvalue weighted by Gasteiger charge is -2.23. The molecule has 0 amide bonds. The maximum Gasteiger partial charge on any atom is 0.0547 e. The van der Waals surface area contributed by atoms with Gasteiger partial charge in [-0.1, -0.05) is 141 Å². The van der Waals surface area contributed by atoms with Gasteiger partial charge in [-0.2, -0.15) is 0 Å². The number of nitrogens with zero attached hydrogens (tertiary/aromatic N) is 1. The Morgan fingerprint density at radius 2 is 0.960 bits per heavy atom. The van der Waals surface area contributed by atoms with E-state index in [1.165, 1.54) is 88.2 Å². The van der Waals surface area contributed by atoms with Crippen LogP contribution in [0.5, 0.6) is 0 Å². The standard InChI is InChI=1S/C49H35N/c1-49(2)45-19-11-9-17-40(45)42-26-23-35-30-44-41-18-10-12-20-46(41)50(47(44)31-43(35)48(42)49)39-24-21-34(22-25-39)38-28-36(32-13-5-3-6-14-32)27-37(29-38)33-15-7-4-8-16-33/h3-31H,1-2H3. The number of para-hydroxylation sites is 1. The zero-order chi connectivity index (χ0) is 33.4. The maximum absolute atomic E-state index is 2.46. The van der Waals surface area contributed by atoms with E-state index in [2.05, 4.69) is 194 Å². The Morgan fingerprint density at radius 1 is 0.380 bits per heavy atom. The van der Waals surface area contributed by atoms with Gasteiger partial charge in [-0.15, -0.1) is 0 Å². The van der Waals surface area contributed by atoms with Gasteiger partial charge in [-0.05, 0) is 115 Å². The van der Waals surface area contributed by atoms with Gasteiger partial charge in [0.05, 0.1) is 11.0 Å². The molecule has 0 saturated heterocycles. The largest absolute Gasteiger partial charge is 0.309 e. The molecule has 0 bridgehead atoms. The van der Waals surface area contributed by atoms with Crippen LogP contribution in [0.4, 0.5) is 0 Å². The van der Waals surface area contributed by atoms with Crippen LogP contribution in [0.3, 0.4) is 0 Å². The number of benzene rings is 8. The molecule has 1 nitrogen and oxygen atoms in total. The first-order chi connectivity index (χ1) is 24.5. The van der Waals surface area contributed by atoms with Crippen molar-refractivity contribution in [1.82, 2.24) is 4.57 Å². The average molecular weight is 638 g/mol. The topological polar surface area (TPSA) is 4.93 Å². The average Bonchev–Trinajstić information content (AvgIpc) is 3.62. The molecule has 10 rings (SSSR count). The van der Waals surface area contributed by atoms with E-state index < -0.39 is 0 Å². The highest BCUT2D eigenvalue weighted by atomic mass is 15.0. The predicted octanol–water partition coefficient (Wildman–Crippen LogP) is 13.2. The summed E-state index contributed by atoms with van der Waals surface area (Å²) in [6, 6.07) is 64.8. The summed E-state index contributed by atoms with van der Waals surface area (Å²) in [5.74, 6) is 0. The van der Waals surface area contributed by atoms with Gasteiger partial charge in [0, 0.05) is 21.9 Å². The van der Waals surface area contributed by atoms with E-state index in [0.717, 1.165) is 5.69 Å². The summed E-state index contributed by atoms with van der Waals surface area (Å²) in [4.78, 5) is 0. The molecule has 1 heterocycles. The van der Waals surface area contributed by atoms with Gasteiger partial charge in [0.25, 0.3) is 0 Å². The SMILES string of the molecule is CC1(C)c2ccccc2-c2ccc3cc4c5ccccc5n(-c5ccc(-c6cc(-c7ccccc7)cc(-c7ccccc7)c6)cc5)c4cc3c21. The Bertz CT molecular complexity index is 2690. The highest BCUT2D eigenvalue weighted by molar-refractivity contribution is 6.15. The summed E-state index contributed by atoms with van der Waals surface area (Å²) in [5, 5.41) is 5.19. The lowest BCUT2D eigenvalue weighted by molar-refractivity contribution is 0.666. The summed E-state index contributed by atoms with van der Waals surface area (Å²) < 4.78 is 2.46. The van der Waals surface area contributed by atoms with Crippen molar-refractivity contribution in [2.75, 3.05) is 0 Å². The third-order valence-corrected chi connectivity index (χ3v) is 10.9. The zero-order valence-corrected chi connectivity index (χ0v) is 28.2. The van der Waals surface area contributed by atoms with Crippen molar-refractivity contribution in [3.63, 3.8) is 0 Å². The fourth-order valence-corrected chi connectivity index (χ4v) is 8.55. The second kappa shape index (κ2) is 10.9.